The highest BCUT2D eigenvalue weighted by atomic mass is 19.1. The standard InChI is InChI=1S/C23H27FN2O2/c1-15-6-4-5-7-19(15)23-20-14-25(12-18(20)13-26(23)16(2)27)11-17-8-9-21(24)22(10-17)28-3/h4-10,18,20,23H,11-14H2,1-3H3/t18-,20-,23-/m1/s1. The fourth-order valence-electron chi connectivity index (χ4n) is 4.97. The summed E-state index contributed by atoms with van der Waals surface area (Å²) >= 11 is 0. The average molecular weight is 382 g/mol. The molecule has 0 spiro atoms. The Morgan fingerprint density at radius 1 is 1.18 bits per heavy atom. The van der Waals surface area contributed by atoms with Crippen molar-refractivity contribution < 1.29 is 13.9 Å². The lowest BCUT2D eigenvalue weighted by molar-refractivity contribution is -0.130. The van der Waals surface area contributed by atoms with Gasteiger partial charge in [0.05, 0.1) is 13.2 Å². The molecule has 0 radical (unpaired) electrons. The summed E-state index contributed by atoms with van der Waals surface area (Å²) in [6.45, 7) is 7.27. The molecule has 148 valence electrons. The fourth-order valence-corrected chi connectivity index (χ4v) is 4.97. The van der Waals surface area contributed by atoms with Crippen LogP contribution in [0.5, 0.6) is 5.75 Å². The van der Waals surface area contributed by atoms with Crippen LogP contribution in [0.4, 0.5) is 4.39 Å². The van der Waals surface area contributed by atoms with Crippen molar-refractivity contribution in [2.75, 3.05) is 26.7 Å². The Bertz CT molecular complexity index is 885. The number of ether oxygens (including phenoxy) is 1. The normalized spacial score (nSPS) is 24.4. The van der Waals surface area contributed by atoms with Gasteiger partial charge in [-0.1, -0.05) is 30.3 Å². The Morgan fingerprint density at radius 3 is 2.68 bits per heavy atom. The number of likely N-dealkylation sites (tertiary alicyclic amines) is 2. The molecule has 2 aliphatic rings. The summed E-state index contributed by atoms with van der Waals surface area (Å²) in [4.78, 5) is 16.8. The number of fused-ring (bicyclic) bond motifs is 1. The van der Waals surface area contributed by atoms with E-state index in [1.807, 2.05) is 12.1 Å². The van der Waals surface area contributed by atoms with E-state index < -0.39 is 0 Å². The van der Waals surface area contributed by atoms with Gasteiger partial charge in [-0.3, -0.25) is 9.69 Å². The molecule has 3 atom stereocenters. The van der Waals surface area contributed by atoms with E-state index in [4.69, 9.17) is 4.74 Å². The van der Waals surface area contributed by atoms with Crippen LogP contribution in [0, 0.1) is 24.6 Å². The van der Waals surface area contributed by atoms with Crippen LogP contribution in [0.1, 0.15) is 29.7 Å². The minimum absolute atomic E-state index is 0.136. The molecule has 2 heterocycles. The third kappa shape index (κ3) is 3.39. The van der Waals surface area contributed by atoms with E-state index in [1.54, 1.807) is 13.0 Å². The Balaban J connectivity index is 1.55. The lowest BCUT2D eigenvalue weighted by Crippen LogP contribution is -2.34. The van der Waals surface area contributed by atoms with Gasteiger partial charge in [-0.25, -0.2) is 4.39 Å². The first-order valence-electron chi connectivity index (χ1n) is 9.85. The van der Waals surface area contributed by atoms with Crippen LogP contribution in [-0.2, 0) is 11.3 Å². The monoisotopic (exact) mass is 382 g/mol. The van der Waals surface area contributed by atoms with Crippen LogP contribution in [0.3, 0.4) is 0 Å². The third-order valence-electron chi connectivity index (χ3n) is 6.27. The number of methoxy groups -OCH3 is 1. The maximum atomic E-state index is 13.7. The van der Waals surface area contributed by atoms with E-state index in [-0.39, 0.29) is 23.5 Å². The van der Waals surface area contributed by atoms with Crippen LogP contribution in [0.15, 0.2) is 42.5 Å². The first kappa shape index (κ1) is 18.9. The number of rotatable bonds is 4. The molecule has 2 aliphatic heterocycles. The number of nitrogens with zero attached hydrogens (tertiary/aromatic N) is 2. The molecule has 0 aliphatic carbocycles. The minimum Gasteiger partial charge on any atom is -0.494 e. The molecule has 5 heteroatoms. The lowest BCUT2D eigenvalue weighted by atomic mass is 9.87. The van der Waals surface area contributed by atoms with Gasteiger partial charge in [-0.2, -0.15) is 0 Å². The quantitative estimate of drug-likeness (QED) is 0.807. The SMILES string of the molecule is COc1cc(CN2C[C@@H]3CN(C(C)=O)[C@H](c4ccccc4C)[C@@H]3C2)ccc1F. The highest BCUT2D eigenvalue weighted by Gasteiger charge is 2.48. The highest BCUT2D eigenvalue weighted by molar-refractivity contribution is 5.74. The van der Waals surface area contributed by atoms with Gasteiger partial charge in [0.15, 0.2) is 11.6 Å². The van der Waals surface area contributed by atoms with E-state index in [2.05, 4.69) is 34.9 Å². The molecule has 28 heavy (non-hydrogen) atoms. The lowest BCUT2D eigenvalue weighted by Gasteiger charge is -2.30. The third-order valence-corrected chi connectivity index (χ3v) is 6.27. The van der Waals surface area contributed by atoms with Crippen LogP contribution in [0.2, 0.25) is 0 Å². The van der Waals surface area contributed by atoms with Crippen LogP contribution in [0.25, 0.3) is 0 Å². The van der Waals surface area contributed by atoms with Gasteiger partial charge in [-0.05, 0) is 41.7 Å². The second-order valence-electron chi connectivity index (χ2n) is 8.06. The number of carbonyl (C=O) groups excluding carboxylic acids is 1. The first-order valence-corrected chi connectivity index (χ1v) is 9.85. The molecule has 0 N–H and O–H groups in total. The topological polar surface area (TPSA) is 32.8 Å². The summed E-state index contributed by atoms with van der Waals surface area (Å²) in [5, 5.41) is 0. The smallest absolute Gasteiger partial charge is 0.219 e. The molecule has 2 aromatic rings. The maximum Gasteiger partial charge on any atom is 0.219 e. The van der Waals surface area contributed by atoms with Crippen molar-refractivity contribution >= 4 is 5.91 Å². The number of hydrogen-bond donors (Lipinski definition) is 0. The summed E-state index contributed by atoms with van der Waals surface area (Å²) in [5.74, 6) is 0.999. The summed E-state index contributed by atoms with van der Waals surface area (Å²) in [5.41, 5.74) is 3.55. The fraction of sp³-hybridized carbons (Fsp3) is 0.435. The number of hydrogen-bond acceptors (Lipinski definition) is 3. The summed E-state index contributed by atoms with van der Waals surface area (Å²) in [6.07, 6.45) is 0. The Labute approximate surface area is 165 Å². The van der Waals surface area contributed by atoms with E-state index in [9.17, 15) is 9.18 Å². The number of carbonyl (C=O) groups is 1. The van der Waals surface area contributed by atoms with Gasteiger partial charge in [0.2, 0.25) is 5.91 Å². The van der Waals surface area contributed by atoms with Crippen molar-refractivity contribution in [3.05, 3.63) is 65.0 Å². The predicted octanol–water partition coefficient (Wildman–Crippen LogP) is 3.79. The minimum atomic E-state index is -0.332. The van der Waals surface area contributed by atoms with E-state index >= 15 is 0 Å². The first-order chi connectivity index (χ1) is 13.5. The van der Waals surface area contributed by atoms with Gasteiger partial charge in [0.1, 0.15) is 0 Å². The Morgan fingerprint density at radius 2 is 1.96 bits per heavy atom. The van der Waals surface area contributed by atoms with Crippen LogP contribution in [-0.4, -0.2) is 42.5 Å². The van der Waals surface area contributed by atoms with Gasteiger partial charge in [0, 0.05) is 39.0 Å². The van der Waals surface area contributed by atoms with Gasteiger partial charge < -0.3 is 9.64 Å². The zero-order valence-electron chi connectivity index (χ0n) is 16.7. The second kappa shape index (κ2) is 7.55. The molecule has 2 saturated heterocycles. The van der Waals surface area contributed by atoms with E-state index in [0.29, 0.717) is 11.8 Å². The Kier molecular flexibility index (Phi) is 5.11. The number of amides is 1. The maximum absolute atomic E-state index is 13.7. The number of halogens is 1. The molecule has 0 bridgehead atoms. The molecule has 0 unspecified atom stereocenters. The average Bonchev–Trinajstić information content (AvgIpc) is 3.21. The molecule has 0 aromatic heterocycles. The highest BCUT2D eigenvalue weighted by Crippen LogP contribution is 2.46. The molecule has 1 amide bonds. The van der Waals surface area contributed by atoms with E-state index in [1.165, 1.54) is 24.3 Å². The largest absolute Gasteiger partial charge is 0.494 e. The van der Waals surface area contributed by atoms with Gasteiger partial charge in [-0.15, -0.1) is 0 Å². The zero-order chi connectivity index (χ0) is 19.8. The summed E-state index contributed by atoms with van der Waals surface area (Å²) in [7, 11) is 1.49. The number of benzene rings is 2. The molecular formula is C23H27FN2O2. The Hall–Kier alpha value is -2.40. The van der Waals surface area contributed by atoms with Crippen molar-refractivity contribution in [1.29, 1.82) is 0 Å². The zero-order valence-corrected chi connectivity index (χ0v) is 16.7. The second-order valence-corrected chi connectivity index (χ2v) is 8.06. The van der Waals surface area contributed by atoms with Crippen molar-refractivity contribution in [2.45, 2.75) is 26.4 Å². The van der Waals surface area contributed by atoms with Crippen LogP contribution >= 0.6 is 0 Å². The van der Waals surface area contributed by atoms with Crippen molar-refractivity contribution in [3.63, 3.8) is 0 Å². The molecule has 2 aromatic carbocycles. The predicted molar refractivity (Wildman–Crippen MR) is 107 cm³/mol. The number of aryl methyl sites for hydroxylation is 1. The summed E-state index contributed by atoms with van der Waals surface area (Å²) in [6, 6.07) is 13.6. The molecule has 0 saturated carbocycles. The molecular weight excluding hydrogens is 355 g/mol. The van der Waals surface area contributed by atoms with Crippen molar-refractivity contribution in [2.24, 2.45) is 11.8 Å². The van der Waals surface area contributed by atoms with E-state index in [0.717, 1.165) is 31.7 Å². The van der Waals surface area contributed by atoms with Gasteiger partial charge >= 0.3 is 0 Å². The summed E-state index contributed by atoms with van der Waals surface area (Å²) < 4.78 is 18.8. The van der Waals surface area contributed by atoms with Crippen molar-refractivity contribution in [1.82, 2.24) is 9.80 Å². The van der Waals surface area contributed by atoms with Gasteiger partial charge in [0.25, 0.3) is 0 Å². The molecule has 4 rings (SSSR count). The molecule has 2 fully saturated rings. The molecule has 4 nitrogen and oxygen atoms in total. The van der Waals surface area contributed by atoms with Crippen molar-refractivity contribution in [3.8, 4) is 5.75 Å². The van der Waals surface area contributed by atoms with Crippen LogP contribution < -0.4 is 4.74 Å².